The molecule has 1 amide bonds. The highest BCUT2D eigenvalue weighted by Crippen LogP contribution is 2.26. The fourth-order valence-electron chi connectivity index (χ4n) is 2.94. The smallest absolute Gasteiger partial charge is 0.341 e. The molecule has 1 atom stereocenters. The molecule has 1 aliphatic heterocycles. The Morgan fingerprint density at radius 2 is 2.00 bits per heavy atom. The molecule has 0 aliphatic carbocycles. The van der Waals surface area contributed by atoms with Crippen LogP contribution < -0.4 is 9.64 Å². The number of carbonyl (C=O) groups excluding carboxylic acids is 1. The summed E-state index contributed by atoms with van der Waals surface area (Å²) in [4.78, 5) is 24.9. The number of rotatable bonds is 6. The molecule has 26 heavy (non-hydrogen) atoms. The molecule has 0 aromatic heterocycles. The van der Waals surface area contributed by atoms with Gasteiger partial charge in [0.1, 0.15) is 5.75 Å². The van der Waals surface area contributed by atoms with Gasteiger partial charge in [0, 0.05) is 30.8 Å². The van der Waals surface area contributed by atoms with Crippen LogP contribution in [0.4, 0.5) is 5.69 Å². The zero-order chi connectivity index (χ0) is 18.5. The fraction of sp³-hybridized carbons (Fsp3) is 0.300. The van der Waals surface area contributed by atoms with Crippen molar-refractivity contribution in [2.24, 2.45) is 0 Å². The quantitative estimate of drug-likeness (QED) is 0.862. The van der Waals surface area contributed by atoms with E-state index in [1.807, 2.05) is 24.3 Å². The van der Waals surface area contributed by atoms with Gasteiger partial charge in [0.05, 0.1) is 6.61 Å². The maximum atomic E-state index is 12.8. The number of ether oxygens (including phenoxy) is 2. The number of aliphatic carboxylic acids is 1. The molecule has 0 saturated carbocycles. The topological polar surface area (TPSA) is 76.1 Å². The summed E-state index contributed by atoms with van der Waals surface area (Å²) in [6, 6.07) is 14.4. The molecule has 1 heterocycles. The predicted octanol–water partition coefficient (Wildman–Crippen LogP) is 2.93. The van der Waals surface area contributed by atoms with Crippen molar-refractivity contribution in [3.8, 4) is 5.75 Å². The fourth-order valence-corrected chi connectivity index (χ4v) is 2.94. The lowest BCUT2D eigenvalue weighted by atomic mass is 9.96. The minimum atomic E-state index is -1.03. The Bertz CT molecular complexity index is 781. The van der Waals surface area contributed by atoms with Crippen molar-refractivity contribution in [3.05, 3.63) is 59.7 Å². The molecule has 1 saturated heterocycles. The Morgan fingerprint density at radius 1 is 1.23 bits per heavy atom. The minimum absolute atomic E-state index is 0.107. The highest BCUT2D eigenvalue weighted by Gasteiger charge is 2.20. The van der Waals surface area contributed by atoms with Gasteiger partial charge in [-0.25, -0.2) is 4.79 Å². The van der Waals surface area contributed by atoms with E-state index in [0.717, 1.165) is 18.6 Å². The van der Waals surface area contributed by atoms with E-state index in [-0.39, 0.29) is 5.91 Å². The first kappa shape index (κ1) is 17.9. The first-order valence-electron chi connectivity index (χ1n) is 8.45. The maximum absolute atomic E-state index is 12.8. The number of carboxylic acids is 1. The number of anilines is 1. The molecule has 2 aromatic rings. The lowest BCUT2D eigenvalue weighted by Crippen LogP contribution is -2.26. The molecule has 6 heteroatoms. The number of hydrogen-bond acceptors (Lipinski definition) is 4. The molecule has 1 aliphatic rings. The maximum Gasteiger partial charge on any atom is 0.341 e. The lowest BCUT2D eigenvalue weighted by molar-refractivity contribution is -0.139. The molecule has 6 nitrogen and oxygen atoms in total. The average Bonchev–Trinajstić information content (AvgIpc) is 3.20. The lowest BCUT2D eigenvalue weighted by Gasteiger charge is -2.19. The molecular formula is C20H21NO5. The van der Waals surface area contributed by atoms with Crippen molar-refractivity contribution in [1.29, 1.82) is 0 Å². The van der Waals surface area contributed by atoms with E-state index in [2.05, 4.69) is 0 Å². The molecule has 1 fully saturated rings. The third-order valence-corrected chi connectivity index (χ3v) is 4.43. The second-order valence-corrected chi connectivity index (χ2v) is 6.23. The van der Waals surface area contributed by atoms with Gasteiger partial charge < -0.3 is 19.5 Å². The number of nitrogens with zero attached hydrogens (tertiary/aromatic N) is 1. The van der Waals surface area contributed by atoms with E-state index in [1.54, 1.807) is 36.2 Å². The number of benzene rings is 2. The van der Waals surface area contributed by atoms with Gasteiger partial charge in [-0.05, 0) is 48.4 Å². The van der Waals surface area contributed by atoms with Crippen LogP contribution in [0.2, 0.25) is 0 Å². The Labute approximate surface area is 152 Å². The van der Waals surface area contributed by atoms with Crippen molar-refractivity contribution in [2.45, 2.75) is 12.3 Å². The summed E-state index contributed by atoms with van der Waals surface area (Å²) in [6.45, 7) is 1.07. The zero-order valence-electron chi connectivity index (χ0n) is 14.6. The van der Waals surface area contributed by atoms with Gasteiger partial charge in [-0.15, -0.1) is 0 Å². The second-order valence-electron chi connectivity index (χ2n) is 6.23. The molecule has 0 radical (unpaired) electrons. The van der Waals surface area contributed by atoms with Crippen LogP contribution in [0.1, 0.15) is 28.3 Å². The van der Waals surface area contributed by atoms with Crippen LogP contribution in [0.3, 0.4) is 0 Å². The molecular weight excluding hydrogens is 334 g/mol. The Kier molecular flexibility index (Phi) is 5.53. The summed E-state index contributed by atoms with van der Waals surface area (Å²) in [5.74, 6) is -0.349. The van der Waals surface area contributed by atoms with Crippen LogP contribution >= 0.6 is 0 Å². The van der Waals surface area contributed by atoms with E-state index in [0.29, 0.717) is 29.5 Å². The standard InChI is InChI=1S/C20H21NO5/c1-21(17-5-7-18(8-6-17)26-13-19(22)23)20(24)15-4-2-3-14(11-15)16-9-10-25-12-16/h2-8,11,16H,9-10,12-13H2,1H3,(H,22,23). The molecule has 136 valence electrons. The van der Waals surface area contributed by atoms with Crippen molar-refractivity contribution < 1.29 is 24.2 Å². The van der Waals surface area contributed by atoms with E-state index in [9.17, 15) is 9.59 Å². The average molecular weight is 355 g/mol. The number of carbonyl (C=O) groups is 2. The van der Waals surface area contributed by atoms with E-state index < -0.39 is 12.6 Å². The summed E-state index contributed by atoms with van der Waals surface area (Å²) >= 11 is 0. The van der Waals surface area contributed by atoms with Gasteiger partial charge in [-0.1, -0.05) is 12.1 Å². The normalized spacial score (nSPS) is 16.3. The predicted molar refractivity (Wildman–Crippen MR) is 96.9 cm³/mol. The van der Waals surface area contributed by atoms with Crippen molar-refractivity contribution in [1.82, 2.24) is 0 Å². The molecule has 1 N–H and O–H groups in total. The number of amides is 1. The van der Waals surface area contributed by atoms with Crippen molar-refractivity contribution in [2.75, 3.05) is 31.8 Å². The summed E-state index contributed by atoms with van der Waals surface area (Å²) in [5.41, 5.74) is 2.45. The Balaban J connectivity index is 1.71. The van der Waals surface area contributed by atoms with Gasteiger partial charge in [0.15, 0.2) is 6.61 Å². The third-order valence-electron chi connectivity index (χ3n) is 4.43. The van der Waals surface area contributed by atoms with E-state index >= 15 is 0 Å². The van der Waals surface area contributed by atoms with Crippen LogP contribution in [-0.4, -0.2) is 43.9 Å². The second kappa shape index (κ2) is 8.01. The van der Waals surface area contributed by atoms with E-state index in [4.69, 9.17) is 14.6 Å². The highest BCUT2D eigenvalue weighted by atomic mass is 16.5. The first-order valence-corrected chi connectivity index (χ1v) is 8.45. The van der Waals surface area contributed by atoms with Gasteiger partial charge in [0.2, 0.25) is 0 Å². The SMILES string of the molecule is CN(C(=O)c1cccc(C2CCOC2)c1)c1ccc(OCC(=O)O)cc1. The van der Waals surface area contributed by atoms with Gasteiger partial charge >= 0.3 is 5.97 Å². The summed E-state index contributed by atoms with van der Waals surface area (Å²) < 4.78 is 10.5. The van der Waals surface area contributed by atoms with Gasteiger partial charge in [-0.2, -0.15) is 0 Å². The summed E-state index contributed by atoms with van der Waals surface area (Å²) in [7, 11) is 1.71. The number of carboxylic acid groups (broad SMARTS) is 1. The van der Waals surface area contributed by atoms with Crippen LogP contribution in [-0.2, 0) is 9.53 Å². The summed E-state index contributed by atoms with van der Waals surface area (Å²) in [6.07, 6.45) is 0.977. The minimum Gasteiger partial charge on any atom is -0.482 e. The van der Waals surface area contributed by atoms with E-state index in [1.165, 1.54) is 0 Å². The molecule has 2 aromatic carbocycles. The highest BCUT2D eigenvalue weighted by molar-refractivity contribution is 6.05. The molecule has 0 spiro atoms. The third kappa shape index (κ3) is 4.21. The number of hydrogen-bond donors (Lipinski definition) is 1. The summed E-state index contributed by atoms with van der Waals surface area (Å²) in [5, 5.41) is 8.63. The van der Waals surface area contributed by atoms with Gasteiger partial charge in [-0.3, -0.25) is 4.79 Å². The molecule has 0 bridgehead atoms. The molecule has 3 rings (SSSR count). The molecule has 1 unspecified atom stereocenters. The Hall–Kier alpha value is -2.86. The van der Waals surface area contributed by atoms with Crippen LogP contribution in [0.25, 0.3) is 0 Å². The monoisotopic (exact) mass is 355 g/mol. The Morgan fingerprint density at radius 3 is 2.65 bits per heavy atom. The van der Waals surface area contributed by atoms with Crippen LogP contribution in [0.15, 0.2) is 48.5 Å². The largest absolute Gasteiger partial charge is 0.482 e. The van der Waals surface area contributed by atoms with Gasteiger partial charge in [0.25, 0.3) is 5.91 Å². The van der Waals surface area contributed by atoms with Crippen molar-refractivity contribution in [3.63, 3.8) is 0 Å². The van der Waals surface area contributed by atoms with Crippen molar-refractivity contribution >= 4 is 17.6 Å². The first-order chi connectivity index (χ1) is 12.5. The van der Waals surface area contributed by atoms with Crippen LogP contribution in [0.5, 0.6) is 5.75 Å². The zero-order valence-corrected chi connectivity index (χ0v) is 14.6. The van der Waals surface area contributed by atoms with Crippen LogP contribution in [0, 0.1) is 0 Å².